The second-order valence-corrected chi connectivity index (χ2v) is 9.67. The van der Waals surface area contributed by atoms with Crippen molar-refractivity contribution in [2.45, 2.75) is 26.4 Å². The Morgan fingerprint density at radius 2 is 1.74 bits per heavy atom. The fraction of sp³-hybridized carbons (Fsp3) is 0.179. The minimum Gasteiger partial charge on any atom is -0.374 e. The SMILES string of the molecule is Cc1cccc(-c2c(Cl)nc3c(C)cc(C(O)(c4ccc(C)nc4)c4cncn4C)cc3c2Cl)c1. The van der Waals surface area contributed by atoms with E-state index < -0.39 is 5.60 Å². The summed E-state index contributed by atoms with van der Waals surface area (Å²) in [5.41, 5.74) is 5.41. The van der Waals surface area contributed by atoms with E-state index in [4.69, 9.17) is 28.2 Å². The normalized spacial score (nSPS) is 13.2. The van der Waals surface area contributed by atoms with E-state index in [0.717, 1.165) is 22.4 Å². The Morgan fingerprint density at radius 1 is 0.943 bits per heavy atom. The molecule has 0 saturated carbocycles. The number of benzene rings is 2. The van der Waals surface area contributed by atoms with Crippen molar-refractivity contribution in [2.24, 2.45) is 7.05 Å². The molecule has 5 nitrogen and oxygen atoms in total. The van der Waals surface area contributed by atoms with Gasteiger partial charge in [-0.05, 0) is 49.6 Å². The molecule has 2 aromatic carbocycles. The van der Waals surface area contributed by atoms with E-state index in [-0.39, 0.29) is 0 Å². The summed E-state index contributed by atoms with van der Waals surface area (Å²) in [4.78, 5) is 13.4. The largest absolute Gasteiger partial charge is 0.374 e. The summed E-state index contributed by atoms with van der Waals surface area (Å²) in [6.45, 7) is 5.87. The van der Waals surface area contributed by atoms with Crippen LogP contribution in [0.1, 0.15) is 33.6 Å². The summed E-state index contributed by atoms with van der Waals surface area (Å²) in [6, 6.07) is 15.6. The highest BCUT2D eigenvalue weighted by Crippen LogP contribution is 2.43. The van der Waals surface area contributed by atoms with Gasteiger partial charge in [0.25, 0.3) is 0 Å². The molecule has 0 aliphatic heterocycles. The van der Waals surface area contributed by atoms with Crippen LogP contribution in [0.15, 0.2) is 67.3 Å². The van der Waals surface area contributed by atoms with Gasteiger partial charge in [0.15, 0.2) is 5.60 Å². The van der Waals surface area contributed by atoms with Crippen molar-refractivity contribution in [3.05, 3.63) is 111 Å². The first-order valence-corrected chi connectivity index (χ1v) is 11.9. The van der Waals surface area contributed by atoms with E-state index in [9.17, 15) is 5.11 Å². The zero-order valence-corrected chi connectivity index (χ0v) is 21.4. The number of halogens is 2. The summed E-state index contributed by atoms with van der Waals surface area (Å²) in [6.07, 6.45) is 5.03. The Morgan fingerprint density at radius 3 is 2.40 bits per heavy atom. The van der Waals surface area contributed by atoms with Crippen LogP contribution in [0.25, 0.3) is 22.0 Å². The molecule has 176 valence electrons. The number of aliphatic hydroxyl groups is 1. The van der Waals surface area contributed by atoms with Crippen LogP contribution < -0.4 is 0 Å². The Bertz CT molecular complexity index is 1580. The second-order valence-electron chi connectivity index (χ2n) is 8.94. The minimum absolute atomic E-state index is 0.341. The third-order valence-electron chi connectivity index (χ3n) is 6.41. The lowest BCUT2D eigenvalue weighted by molar-refractivity contribution is 0.117. The molecule has 0 aliphatic carbocycles. The number of imidazole rings is 1. The molecule has 3 aromatic heterocycles. The molecule has 7 heteroatoms. The number of aryl methyl sites for hydroxylation is 4. The van der Waals surface area contributed by atoms with Gasteiger partial charge in [-0.1, -0.05) is 65.2 Å². The summed E-state index contributed by atoms with van der Waals surface area (Å²) in [5.74, 6) is 0. The molecule has 5 rings (SSSR count). The lowest BCUT2D eigenvalue weighted by Gasteiger charge is -2.30. The number of hydrogen-bond acceptors (Lipinski definition) is 4. The summed E-state index contributed by atoms with van der Waals surface area (Å²) in [7, 11) is 1.85. The lowest BCUT2D eigenvalue weighted by atomic mass is 9.82. The van der Waals surface area contributed by atoms with E-state index in [1.165, 1.54) is 0 Å². The van der Waals surface area contributed by atoms with Gasteiger partial charge >= 0.3 is 0 Å². The van der Waals surface area contributed by atoms with E-state index in [1.807, 2.05) is 76.3 Å². The average Bonchev–Trinajstić information content (AvgIpc) is 3.26. The van der Waals surface area contributed by atoms with Crippen molar-refractivity contribution in [1.29, 1.82) is 0 Å². The van der Waals surface area contributed by atoms with Crippen molar-refractivity contribution in [1.82, 2.24) is 19.5 Å². The Kier molecular flexibility index (Phi) is 5.88. The Hall–Kier alpha value is -3.25. The maximum atomic E-state index is 12.3. The van der Waals surface area contributed by atoms with Gasteiger partial charge in [-0.25, -0.2) is 9.97 Å². The van der Waals surface area contributed by atoms with Crippen LogP contribution in [0.2, 0.25) is 10.2 Å². The first-order chi connectivity index (χ1) is 16.7. The van der Waals surface area contributed by atoms with Gasteiger partial charge in [0.1, 0.15) is 5.15 Å². The first kappa shape index (κ1) is 23.5. The monoisotopic (exact) mass is 502 g/mol. The molecule has 0 aliphatic rings. The highest BCUT2D eigenvalue weighted by atomic mass is 35.5. The minimum atomic E-state index is -1.52. The van der Waals surface area contributed by atoms with Gasteiger partial charge in [-0.15, -0.1) is 0 Å². The Labute approximate surface area is 214 Å². The van der Waals surface area contributed by atoms with Gasteiger partial charge < -0.3 is 9.67 Å². The van der Waals surface area contributed by atoms with Crippen LogP contribution in [0.5, 0.6) is 0 Å². The maximum Gasteiger partial charge on any atom is 0.158 e. The lowest BCUT2D eigenvalue weighted by Crippen LogP contribution is -2.31. The maximum absolute atomic E-state index is 12.3. The molecule has 0 bridgehead atoms. The van der Waals surface area contributed by atoms with Crippen molar-refractivity contribution >= 4 is 34.1 Å². The van der Waals surface area contributed by atoms with Crippen LogP contribution in [0.3, 0.4) is 0 Å². The van der Waals surface area contributed by atoms with Crippen LogP contribution in [-0.2, 0) is 12.6 Å². The van der Waals surface area contributed by atoms with Crippen molar-refractivity contribution in [3.63, 3.8) is 0 Å². The van der Waals surface area contributed by atoms with Gasteiger partial charge in [-0.2, -0.15) is 0 Å². The number of hydrogen-bond donors (Lipinski definition) is 1. The number of fused-ring (bicyclic) bond motifs is 1. The molecule has 0 saturated heterocycles. The number of rotatable bonds is 4. The second kappa shape index (κ2) is 8.76. The molecule has 0 spiro atoms. The van der Waals surface area contributed by atoms with E-state index in [2.05, 4.69) is 9.97 Å². The highest BCUT2D eigenvalue weighted by molar-refractivity contribution is 6.42. The van der Waals surface area contributed by atoms with Gasteiger partial charge in [0.05, 0.1) is 28.8 Å². The summed E-state index contributed by atoms with van der Waals surface area (Å²) >= 11 is 13.7. The van der Waals surface area contributed by atoms with Crippen molar-refractivity contribution in [2.75, 3.05) is 0 Å². The third kappa shape index (κ3) is 3.90. The zero-order chi connectivity index (χ0) is 24.9. The predicted molar refractivity (Wildman–Crippen MR) is 141 cm³/mol. The highest BCUT2D eigenvalue weighted by Gasteiger charge is 2.37. The first-order valence-electron chi connectivity index (χ1n) is 11.2. The average molecular weight is 503 g/mol. The van der Waals surface area contributed by atoms with Crippen molar-refractivity contribution in [3.8, 4) is 11.1 Å². The molecular formula is C28H24Cl2N4O. The predicted octanol–water partition coefficient (Wildman–Crippen LogP) is 6.55. The van der Waals surface area contributed by atoms with Gasteiger partial charge in [-0.3, -0.25) is 4.98 Å². The van der Waals surface area contributed by atoms with E-state index in [1.54, 1.807) is 23.3 Å². The molecule has 35 heavy (non-hydrogen) atoms. The Balaban J connectivity index is 1.82. The smallest absolute Gasteiger partial charge is 0.158 e. The molecule has 1 atom stereocenters. The summed E-state index contributed by atoms with van der Waals surface area (Å²) < 4.78 is 1.80. The van der Waals surface area contributed by atoms with Crippen LogP contribution in [-0.4, -0.2) is 24.6 Å². The van der Waals surface area contributed by atoms with Gasteiger partial charge in [0, 0.05) is 35.5 Å². The van der Waals surface area contributed by atoms with Crippen LogP contribution in [0, 0.1) is 20.8 Å². The molecule has 0 amide bonds. The third-order valence-corrected chi connectivity index (χ3v) is 7.08. The van der Waals surface area contributed by atoms with Crippen LogP contribution in [0.4, 0.5) is 0 Å². The molecule has 1 N–H and O–H groups in total. The molecule has 0 fully saturated rings. The van der Waals surface area contributed by atoms with E-state index in [0.29, 0.717) is 43.5 Å². The molecule has 1 unspecified atom stereocenters. The molecule has 3 heterocycles. The van der Waals surface area contributed by atoms with Crippen LogP contribution >= 0.6 is 23.2 Å². The fourth-order valence-corrected chi connectivity index (χ4v) is 5.26. The topological polar surface area (TPSA) is 63.8 Å². The quantitative estimate of drug-likeness (QED) is 0.283. The zero-order valence-electron chi connectivity index (χ0n) is 19.8. The number of pyridine rings is 2. The number of nitrogens with zero attached hydrogens (tertiary/aromatic N) is 4. The summed E-state index contributed by atoms with van der Waals surface area (Å²) in [5, 5.41) is 13.9. The number of aromatic nitrogens is 4. The molecule has 5 aromatic rings. The van der Waals surface area contributed by atoms with E-state index >= 15 is 0 Å². The van der Waals surface area contributed by atoms with Crippen molar-refractivity contribution < 1.29 is 5.11 Å². The molecule has 0 radical (unpaired) electrons. The molecular weight excluding hydrogens is 479 g/mol. The van der Waals surface area contributed by atoms with Gasteiger partial charge in [0.2, 0.25) is 0 Å². The fourth-order valence-electron chi connectivity index (χ4n) is 4.58. The standard InChI is InChI=1S/C28H24Cl2N4O/c1-16-6-5-7-19(10-16)24-25(29)22-12-21(11-17(2)26(22)33-27(24)30)28(35,23-14-31-15-34(23)4)20-9-8-18(3)32-13-20/h5-15,35H,1-4H3.